The van der Waals surface area contributed by atoms with Gasteiger partial charge in [-0.05, 0) is 38.8 Å². The molecule has 0 N–H and O–H groups in total. The Morgan fingerprint density at radius 3 is 1.88 bits per heavy atom. The summed E-state index contributed by atoms with van der Waals surface area (Å²) in [5.41, 5.74) is 1.90. The first kappa shape index (κ1) is 13.4. The molecule has 0 saturated carbocycles. The molecule has 1 aromatic rings. The third-order valence-electron chi connectivity index (χ3n) is 2.31. The summed E-state index contributed by atoms with van der Waals surface area (Å²) in [6.45, 7) is 8.24. The molecule has 90 valence electrons. The fraction of sp³-hybridized carbons (Fsp3) is 0.500. The highest BCUT2D eigenvalue weighted by molar-refractivity contribution is 7.62. The molecule has 0 spiro atoms. The zero-order valence-electron chi connectivity index (χ0n) is 10.3. The van der Waals surface area contributed by atoms with Gasteiger partial charge in [0.2, 0.25) is 0 Å². The largest absolute Gasteiger partial charge is 0.361 e. The minimum atomic E-state index is -3.15. The van der Waals surface area contributed by atoms with Crippen molar-refractivity contribution >= 4 is 12.9 Å². The predicted molar refractivity (Wildman–Crippen MR) is 66.4 cm³/mol. The van der Waals surface area contributed by atoms with Crippen LogP contribution in [0.4, 0.5) is 0 Å². The van der Waals surface area contributed by atoms with Crippen molar-refractivity contribution in [1.29, 1.82) is 0 Å². The van der Waals surface area contributed by atoms with Gasteiger partial charge in [0.1, 0.15) is 0 Å². The quantitative estimate of drug-likeness (QED) is 0.744. The lowest BCUT2D eigenvalue weighted by molar-refractivity contribution is 0.229. The topological polar surface area (TPSA) is 35.5 Å². The molecular weight excluding hydrogens is 223 g/mol. The van der Waals surface area contributed by atoms with Gasteiger partial charge >= 0.3 is 7.60 Å². The lowest BCUT2D eigenvalue weighted by Gasteiger charge is -2.20. The number of benzene rings is 1. The van der Waals surface area contributed by atoms with Crippen molar-refractivity contribution in [3.63, 3.8) is 0 Å². The van der Waals surface area contributed by atoms with Gasteiger partial charge in [-0.1, -0.05) is 18.2 Å². The van der Waals surface area contributed by atoms with Crippen molar-refractivity contribution in [2.45, 2.75) is 27.7 Å². The van der Waals surface area contributed by atoms with E-state index < -0.39 is 7.60 Å². The third-order valence-corrected chi connectivity index (χ3v) is 4.76. The van der Waals surface area contributed by atoms with Gasteiger partial charge in [-0.3, -0.25) is 4.57 Å². The average molecular weight is 242 g/mol. The van der Waals surface area contributed by atoms with Gasteiger partial charge in [0.25, 0.3) is 0 Å². The maximum Gasteiger partial charge on any atom is 0.361 e. The van der Waals surface area contributed by atoms with Gasteiger partial charge in [-0.2, -0.15) is 0 Å². The number of hydrogen-bond acceptors (Lipinski definition) is 3. The van der Waals surface area contributed by atoms with E-state index >= 15 is 0 Å². The van der Waals surface area contributed by atoms with Gasteiger partial charge < -0.3 is 9.05 Å². The minimum Gasteiger partial charge on any atom is -0.305 e. The fourth-order valence-electron chi connectivity index (χ4n) is 1.74. The van der Waals surface area contributed by atoms with Gasteiger partial charge in [-0.25, -0.2) is 0 Å². The van der Waals surface area contributed by atoms with E-state index in [2.05, 4.69) is 0 Å². The van der Waals surface area contributed by atoms with E-state index in [1.807, 2.05) is 45.9 Å². The molecule has 0 saturated heterocycles. The normalized spacial score (nSPS) is 11.8. The lowest BCUT2D eigenvalue weighted by atomic mass is 10.2. The number of rotatable bonds is 5. The number of aryl methyl sites for hydroxylation is 2. The summed E-state index contributed by atoms with van der Waals surface area (Å²) in [7, 11) is -3.15. The molecule has 4 heteroatoms. The maximum absolute atomic E-state index is 12.6. The second-order valence-corrected chi connectivity index (χ2v) is 5.53. The predicted octanol–water partition coefficient (Wildman–Crippen LogP) is 3.19. The summed E-state index contributed by atoms with van der Waals surface area (Å²) in [6, 6.07) is 5.79. The van der Waals surface area contributed by atoms with Crippen LogP contribution in [0.3, 0.4) is 0 Å². The Balaban J connectivity index is 3.26. The smallest absolute Gasteiger partial charge is 0.305 e. The standard InChI is InChI=1S/C12H19O3P/c1-5-14-16(13,15-6-2)12-10(3)8-7-9-11(12)4/h7-9H,5-6H2,1-4H3. The zero-order chi connectivity index (χ0) is 12.2. The second kappa shape index (κ2) is 5.62. The van der Waals surface area contributed by atoms with E-state index in [4.69, 9.17) is 9.05 Å². The fourth-order valence-corrected chi connectivity index (χ4v) is 3.77. The Morgan fingerprint density at radius 2 is 1.50 bits per heavy atom. The third kappa shape index (κ3) is 2.73. The minimum absolute atomic E-state index is 0.380. The molecule has 0 aliphatic carbocycles. The van der Waals surface area contributed by atoms with Crippen LogP contribution in [-0.4, -0.2) is 13.2 Å². The van der Waals surface area contributed by atoms with Crippen LogP contribution in [0, 0.1) is 13.8 Å². The molecule has 16 heavy (non-hydrogen) atoms. The lowest BCUT2D eigenvalue weighted by Crippen LogP contribution is -2.16. The van der Waals surface area contributed by atoms with E-state index in [1.165, 1.54) is 0 Å². The first-order valence-corrected chi connectivity index (χ1v) is 7.05. The Kier molecular flexibility index (Phi) is 4.72. The van der Waals surface area contributed by atoms with Crippen molar-refractivity contribution in [3.05, 3.63) is 29.3 Å². The van der Waals surface area contributed by atoms with E-state index in [-0.39, 0.29) is 0 Å². The molecule has 0 radical (unpaired) electrons. The Bertz CT molecular complexity index is 371. The Hall–Kier alpha value is -0.630. The molecule has 0 bridgehead atoms. The molecule has 0 heterocycles. The van der Waals surface area contributed by atoms with Crippen LogP contribution >= 0.6 is 7.60 Å². The molecule has 1 aromatic carbocycles. The van der Waals surface area contributed by atoms with Crippen molar-refractivity contribution in [2.24, 2.45) is 0 Å². The second-order valence-electron chi connectivity index (χ2n) is 3.57. The molecule has 0 aliphatic rings. The highest BCUT2D eigenvalue weighted by Crippen LogP contribution is 2.48. The van der Waals surface area contributed by atoms with Gasteiger partial charge in [0, 0.05) is 0 Å². The van der Waals surface area contributed by atoms with Crippen LogP contribution < -0.4 is 5.30 Å². The van der Waals surface area contributed by atoms with E-state index in [0.29, 0.717) is 18.5 Å². The van der Waals surface area contributed by atoms with Crippen LogP contribution in [0.2, 0.25) is 0 Å². The van der Waals surface area contributed by atoms with Crippen LogP contribution in [0.5, 0.6) is 0 Å². The SMILES string of the molecule is CCOP(=O)(OCC)c1c(C)cccc1C. The van der Waals surface area contributed by atoms with Crippen molar-refractivity contribution in [2.75, 3.05) is 13.2 Å². The van der Waals surface area contributed by atoms with Crippen molar-refractivity contribution in [1.82, 2.24) is 0 Å². The molecule has 0 atom stereocenters. The Labute approximate surface area is 97.3 Å². The molecule has 1 rings (SSSR count). The molecule has 0 amide bonds. The molecular formula is C12H19O3P. The first-order chi connectivity index (χ1) is 7.55. The molecule has 0 fully saturated rings. The van der Waals surface area contributed by atoms with E-state index in [9.17, 15) is 4.57 Å². The van der Waals surface area contributed by atoms with Crippen molar-refractivity contribution < 1.29 is 13.6 Å². The van der Waals surface area contributed by atoms with Gasteiger partial charge in [0.05, 0.1) is 18.5 Å². The zero-order valence-corrected chi connectivity index (χ0v) is 11.2. The van der Waals surface area contributed by atoms with Gasteiger partial charge in [-0.15, -0.1) is 0 Å². The summed E-state index contributed by atoms with van der Waals surface area (Å²) in [5.74, 6) is 0. The summed E-state index contributed by atoms with van der Waals surface area (Å²) in [5, 5.41) is 0.707. The van der Waals surface area contributed by atoms with Crippen LogP contribution in [-0.2, 0) is 13.6 Å². The van der Waals surface area contributed by atoms with Crippen LogP contribution in [0.1, 0.15) is 25.0 Å². The number of hydrogen-bond donors (Lipinski definition) is 0. The van der Waals surface area contributed by atoms with E-state index in [1.54, 1.807) is 0 Å². The van der Waals surface area contributed by atoms with Crippen LogP contribution in [0.15, 0.2) is 18.2 Å². The highest BCUT2D eigenvalue weighted by atomic mass is 31.2. The molecule has 0 aromatic heterocycles. The Morgan fingerprint density at radius 1 is 1.06 bits per heavy atom. The summed E-state index contributed by atoms with van der Waals surface area (Å²) >= 11 is 0. The van der Waals surface area contributed by atoms with Crippen molar-refractivity contribution in [3.8, 4) is 0 Å². The summed E-state index contributed by atoms with van der Waals surface area (Å²) in [4.78, 5) is 0. The molecule has 0 aliphatic heterocycles. The summed E-state index contributed by atoms with van der Waals surface area (Å²) < 4.78 is 23.3. The summed E-state index contributed by atoms with van der Waals surface area (Å²) in [6.07, 6.45) is 0. The molecule has 0 unspecified atom stereocenters. The van der Waals surface area contributed by atoms with Gasteiger partial charge in [0.15, 0.2) is 0 Å². The average Bonchev–Trinajstić information content (AvgIpc) is 2.17. The highest BCUT2D eigenvalue weighted by Gasteiger charge is 2.29. The van der Waals surface area contributed by atoms with E-state index in [0.717, 1.165) is 11.1 Å². The maximum atomic E-state index is 12.6. The first-order valence-electron chi connectivity index (χ1n) is 5.51. The van der Waals surface area contributed by atoms with Crippen LogP contribution in [0.25, 0.3) is 0 Å². The monoisotopic (exact) mass is 242 g/mol. The molecule has 3 nitrogen and oxygen atoms in total.